The molecule has 1 fully saturated rings. The molecule has 1 amide bonds. The second-order valence-corrected chi connectivity index (χ2v) is 8.13. The fourth-order valence-electron chi connectivity index (χ4n) is 3.19. The van der Waals surface area contributed by atoms with Gasteiger partial charge in [0, 0.05) is 12.1 Å². The molecule has 2 aromatic carbocycles. The predicted octanol–water partition coefficient (Wildman–Crippen LogP) is 4.46. The van der Waals surface area contributed by atoms with Crippen LogP contribution in [0.1, 0.15) is 11.1 Å². The average Bonchev–Trinajstić information content (AvgIpc) is 2.99. The van der Waals surface area contributed by atoms with Crippen LogP contribution in [0.4, 0.5) is 0 Å². The monoisotopic (exact) mass is 409 g/mol. The first-order valence-electron chi connectivity index (χ1n) is 8.95. The fraction of sp³-hybridized carbons (Fsp3) is 0.182. The Kier molecular flexibility index (Phi) is 5.50. The van der Waals surface area contributed by atoms with Crippen molar-refractivity contribution in [2.24, 2.45) is 0 Å². The minimum Gasteiger partial charge on any atom is -0.493 e. The third-order valence-corrected chi connectivity index (χ3v) is 5.99. The number of carbonyl (C=O) groups is 1. The molecule has 1 saturated heterocycles. The van der Waals surface area contributed by atoms with E-state index in [0.29, 0.717) is 28.1 Å². The van der Waals surface area contributed by atoms with Gasteiger partial charge in [0.05, 0.1) is 12.0 Å². The van der Waals surface area contributed by atoms with E-state index in [1.807, 2.05) is 48.6 Å². The Bertz CT molecular complexity index is 983. The molecule has 28 heavy (non-hydrogen) atoms. The minimum atomic E-state index is -0.0386. The predicted molar refractivity (Wildman–Crippen MR) is 117 cm³/mol. The first-order valence-corrected chi connectivity index (χ1v) is 10.2. The largest absolute Gasteiger partial charge is 0.493 e. The van der Waals surface area contributed by atoms with E-state index in [9.17, 15) is 4.79 Å². The third kappa shape index (κ3) is 3.84. The highest BCUT2D eigenvalue weighted by atomic mass is 32.2. The van der Waals surface area contributed by atoms with Crippen molar-refractivity contribution in [2.75, 3.05) is 20.3 Å². The molecule has 0 N–H and O–H groups in total. The van der Waals surface area contributed by atoms with Gasteiger partial charge in [0.25, 0.3) is 5.91 Å². The maximum absolute atomic E-state index is 12.8. The average molecular weight is 410 g/mol. The molecule has 0 saturated carbocycles. The molecule has 2 heterocycles. The summed E-state index contributed by atoms with van der Waals surface area (Å²) in [5.41, 5.74) is 3.06. The molecule has 4 nitrogen and oxygen atoms in total. The SMILES string of the molecule is COc1cccc2c1OCC(C=C1SC(=S)N(CCc3ccccc3)C1=O)=C2. The van der Waals surface area contributed by atoms with Crippen LogP contribution in [0.2, 0.25) is 0 Å². The van der Waals surface area contributed by atoms with Gasteiger partial charge in [0.1, 0.15) is 10.9 Å². The number of rotatable bonds is 5. The van der Waals surface area contributed by atoms with Gasteiger partial charge in [-0.15, -0.1) is 0 Å². The van der Waals surface area contributed by atoms with Crippen LogP contribution >= 0.6 is 24.0 Å². The van der Waals surface area contributed by atoms with Gasteiger partial charge in [-0.2, -0.15) is 0 Å². The molecule has 0 aromatic heterocycles. The Labute approximate surface area is 173 Å². The lowest BCUT2D eigenvalue weighted by molar-refractivity contribution is -0.122. The van der Waals surface area contributed by atoms with Crippen LogP contribution in [0.25, 0.3) is 6.08 Å². The van der Waals surface area contributed by atoms with E-state index in [-0.39, 0.29) is 5.91 Å². The number of nitrogens with zero attached hydrogens (tertiary/aromatic N) is 1. The lowest BCUT2D eigenvalue weighted by Gasteiger charge is -2.18. The van der Waals surface area contributed by atoms with Gasteiger partial charge < -0.3 is 9.47 Å². The maximum Gasteiger partial charge on any atom is 0.266 e. The van der Waals surface area contributed by atoms with Gasteiger partial charge in [-0.1, -0.05) is 66.4 Å². The van der Waals surface area contributed by atoms with Gasteiger partial charge in [0.2, 0.25) is 0 Å². The number of carbonyl (C=O) groups excluding carboxylic acids is 1. The van der Waals surface area contributed by atoms with Crippen molar-refractivity contribution in [1.82, 2.24) is 4.90 Å². The standard InChI is InChI=1S/C22H19NO3S2/c1-25-18-9-5-8-17-12-16(14-26-20(17)18)13-19-21(24)23(22(27)28-19)11-10-15-6-3-2-4-7-15/h2-9,12-13H,10-11,14H2,1H3. The molecule has 0 atom stereocenters. The van der Waals surface area contributed by atoms with E-state index >= 15 is 0 Å². The molecule has 2 aliphatic rings. The van der Waals surface area contributed by atoms with E-state index in [4.69, 9.17) is 21.7 Å². The summed E-state index contributed by atoms with van der Waals surface area (Å²) >= 11 is 6.78. The normalized spacial score (nSPS) is 17.4. The molecular formula is C22H19NO3S2. The van der Waals surface area contributed by atoms with Crippen molar-refractivity contribution < 1.29 is 14.3 Å². The van der Waals surface area contributed by atoms with Gasteiger partial charge in [-0.05, 0) is 35.8 Å². The van der Waals surface area contributed by atoms with E-state index in [0.717, 1.165) is 23.3 Å². The van der Waals surface area contributed by atoms with Crippen LogP contribution in [0, 0.1) is 0 Å². The Balaban J connectivity index is 1.50. The van der Waals surface area contributed by atoms with E-state index in [2.05, 4.69) is 12.1 Å². The summed E-state index contributed by atoms with van der Waals surface area (Å²) in [6.07, 6.45) is 4.68. The number of methoxy groups -OCH3 is 1. The number of thioether (sulfide) groups is 1. The fourth-order valence-corrected chi connectivity index (χ4v) is 4.51. The molecule has 0 aliphatic carbocycles. The van der Waals surface area contributed by atoms with Crippen molar-refractivity contribution in [3.05, 3.63) is 76.2 Å². The highest BCUT2D eigenvalue weighted by Crippen LogP contribution is 2.37. The molecule has 2 aromatic rings. The summed E-state index contributed by atoms with van der Waals surface area (Å²) < 4.78 is 11.8. The topological polar surface area (TPSA) is 38.8 Å². The van der Waals surface area contributed by atoms with Crippen molar-refractivity contribution >= 4 is 40.3 Å². The van der Waals surface area contributed by atoms with Crippen molar-refractivity contribution in [1.29, 1.82) is 0 Å². The van der Waals surface area contributed by atoms with Crippen LogP contribution < -0.4 is 9.47 Å². The Morgan fingerprint density at radius 3 is 2.82 bits per heavy atom. The van der Waals surface area contributed by atoms with Gasteiger partial charge >= 0.3 is 0 Å². The van der Waals surface area contributed by atoms with E-state index < -0.39 is 0 Å². The zero-order chi connectivity index (χ0) is 19.5. The zero-order valence-electron chi connectivity index (χ0n) is 15.4. The first-order chi connectivity index (χ1) is 13.7. The number of amides is 1. The van der Waals surface area contributed by atoms with Crippen molar-refractivity contribution in [3.8, 4) is 11.5 Å². The highest BCUT2D eigenvalue weighted by Gasteiger charge is 2.32. The molecule has 6 heteroatoms. The summed E-state index contributed by atoms with van der Waals surface area (Å²) in [7, 11) is 1.62. The number of hydrogen-bond acceptors (Lipinski definition) is 5. The van der Waals surface area contributed by atoms with Crippen LogP contribution in [0.3, 0.4) is 0 Å². The molecule has 142 valence electrons. The highest BCUT2D eigenvalue weighted by molar-refractivity contribution is 8.26. The molecule has 2 aliphatic heterocycles. The molecule has 0 spiro atoms. The first kappa shape index (κ1) is 18.8. The molecule has 0 unspecified atom stereocenters. The number of hydrogen-bond donors (Lipinski definition) is 0. The van der Waals surface area contributed by atoms with E-state index in [1.165, 1.54) is 17.3 Å². The number of fused-ring (bicyclic) bond motifs is 1. The molecule has 0 radical (unpaired) electrons. The number of para-hydroxylation sites is 1. The van der Waals surface area contributed by atoms with Crippen LogP contribution in [-0.4, -0.2) is 35.4 Å². The van der Waals surface area contributed by atoms with Crippen LogP contribution in [0.15, 0.2) is 65.1 Å². The Hall–Kier alpha value is -2.57. The number of benzene rings is 2. The molecular weight excluding hydrogens is 390 g/mol. The summed E-state index contributed by atoms with van der Waals surface area (Å²) in [5, 5.41) is 0. The van der Waals surface area contributed by atoms with Gasteiger partial charge in [-0.3, -0.25) is 9.69 Å². The Morgan fingerprint density at radius 2 is 2.04 bits per heavy atom. The maximum atomic E-state index is 12.8. The van der Waals surface area contributed by atoms with Gasteiger partial charge in [0.15, 0.2) is 11.5 Å². The summed E-state index contributed by atoms with van der Waals surface area (Å²) in [4.78, 5) is 15.1. The second-order valence-electron chi connectivity index (χ2n) is 6.46. The lowest BCUT2D eigenvalue weighted by atomic mass is 10.1. The Morgan fingerprint density at radius 1 is 1.21 bits per heavy atom. The second kappa shape index (κ2) is 8.20. The van der Waals surface area contributed by atoms with Gasteiger partial charge in [-0.25, -0.2) is 0 Å². The number of ether oxygens (including phenoxy) is 2. The summed E-state index contributed by atoms with van der Waals surface area (Å²) in [5.74, 6) is 1.40. The van der Waals surface area contributed by atoms with Crippen molar-refractivity contribution in [2.45, 2.75) is 6.42 Å². The zero-order valence-corrected chi connectivity index (χ0v) is 17.0. The van der Waals surface area contributed by atoms with Crippen LogP contribution in [-0.2, 0) is 11.2 Å². The minimum absolute atomic E-state index is 0.0386. The third-order valence-electron chi connectivity index (χ3n) is 4.61. The smallest absolute Gasteiger partial charge is 0.266 e. The van der Waals surface area contributed by atoms with Crippen LogP contribution in [0.5, 0.6) is 11.5 Å². The summed E-state index contributed by atoms with van der Waals surface area (Å²) in [6.45, 7) is 0.975. The van der Waals surface area contributed by atoms with E-state index in [1.54, 1.807) is 12.0 Å². The van der Waals surface area contributed by atoms with Crippen molar-refractivity contribution in [3.63, 3.8) is 0 Å². The molecule has 4 rings (SSSR count). The number of thiocarbonyl (C=S) groups is 1. The molecule has 0 bridgehead atoms. The lowest BCUT2D eigenvalue weighted by Crippen LogP contribution is -2.30. The summed E-state index contributed by atoms with van der Waals surface area (Å²) in [6, 6.07) is 15.9. The quantitative estimate of drug-likeness (QED) is 0.539.